The van der Waals surface area contributed by atoms with Crippen LogP contribution in [-0.2, 0) is 11.3 Å². The molecule has 1 amide bonds. The van der Waals surface area contributed by atoms with E-state index in [1.165, 1.54) is 17.5 Å². The number of thioether (sulfide) groups is 1. The minimum absolute atomic E-state index is 0.0112. The molecule has 6 heteroatoms. The average Bonchev–Trinajstić information content (AvgIpc) is 2.85. The third kappa shape index (κ3) is 5.26. The highest BCUT2D eigenvalue weighted by Gasteiger charge is 2.13. The van der Waals surface area contributed by atoms with Gasteiger partial charge >= 0.3 is 0 Å². The molecule has 0 atom stereocenters. The lowest BCUT2D eigenvalue weighted by Crippen LogP contribution is -2.15. The normalized spacial score (nSPS) is 10.8. The third-order valence-corrected chi connectivity index (χ3v) is 5.13. The van der Waals surface area contributed by atoms with Gasteiger partial charge in [0.25, 0.3) is 0 Å². The number of carbonyl (C=O) groups excluding carboxylic acids is 1. The van der Waals surface area contributed by atoms with Crippen molar-refractivity contribution in [1.82, 2.24) is 9.55 Å². The first-order valence-corrected chi connectivity index (χ1v) is 9.64. The van der Waals surface area contributed by atoms with Gasteiger partial charge in [0.15, 0.2) is 5.16 Å². The number of unbranched alkanes of at least 4 members (excludes halogenated alkanes) is 1. The van der Waals surface area contributed by atoms with E-state index in [-0.39, 0.29) is 5.91 Å². The summed E-state index contributed by atoms with van der Waals surface area (Å²) in [7, 11) is 3.99. The predicted octanol–water partition coefficient (Wildman–Crippen LogP) is 4.10. The van der Waals surface area contributed by atoms with Gasteiger partial charge < -0.3 is 14.8 Å². The van der Waals surface area contributed by atoms with Gasteiger partial charge in [-0.2, -0.15) is 0 Å². The Morgan fingerprint density at radius 3 is 2.52 bits per heavy atom. The fourth-order valence-corrected chi connectivity index (χ4v) is 3.40. The van der Waals surface area contributed by atoms with E-state index in [9.17, 15) is 4.79 Å². The van der Waals surface area contributed by atoms with Crippen LogP contribution in [0.3, 0.4) is 0 Å². The molecule has 2 rings (SSSR count). The lowest BCUT2D eigenvalue weighted by atomic mass is 10.2. The molecule has 1 aromatic carbocycles. The van der Waals surface area contributed by atoms with Gasteiger partial charge in [0.1, 0.15) is 0 Å². The molecular formula is C19H28N4OS. The summed E-state index contributed by atoms with van der Waals surface area (Å²) in [5.41, 5.74) is 4.16. The Kier molecular flexibility index (Phi) is 6.93. The Morgan fingerprint density at radius 1 is 1.24 bits per heavy atom. The first-order valence-electron chi connectivity index (χ1n) is 8.66. The molecule has 25 heavy (non-hydrogen) atoms. The number of rotatable bonds is 8. The summed E-state index contributed by atoms with van der Waals surface area (Å²) in [6.45, 7) is 7.25. The maximum absolute atomic E-state index is 12.2. The molecule has 0 fully saturated rings. The van der Waals surface area contributed by atoms with Crippen molar-refractivity contribution >= 4 is 29.0 Å². The summed E-state index contributed by atoms with van der Waals surface area (Å²) in [4.78, 5) is 18.9. The molecule has 1 aromatic heterocycles. The summed E-state index contributed by atoms with van der Waals surface area (Å²) >= 11 is 1.50. The standard InChI is InChI=1S/C19H28N4OS/c1-6-7-12-23-15(3)14(2)20-19(23)25-13-18(24)21-16-8-10-17(11-9-16)22(4)5/h8-11H,6-7,12-13H2,1-5H3,(H,21,24). The van der Waals surface area contributed by atoms with Crippen molar-refractivity contribution in [3.8, 4) is 0 Å². The van der Waals surface area contributed by atoms with Crippen molar-refractivity contribution in [3.63, 3.8) is 0 Å². The van der Waals surface area contributed by atoms with Crippen molar-refractivity contribution in [2.24, 2.45) is 0 Å². The highest BCUT2D eigenvalue weighted by Crippen LogP contribution is 2.22. The van der Waals surface area contributed by atoms with E-state index in [1.54, 1.807) is 0 Å². The molecule has 0 aliphatic rings. The number of nitrogens with zero attached hydrogens (tertiary/aromatic N) is 3. The van der Waals surface area contributed by atoms with E-state index >= 15 is 0 Å². The fourth-order valence-electron chi connectivity index (χ4n) is 2.48. The first-order chi connectivity index (χ1) is 11.9. The summed E-state index contributed by atoms with van der Waals surface area (Å²) in [5, 5.41) is 3.88. The van der Waals surface area contributed by atoms with Gasteiger partial charge in [0.05, 0.1) is 11.4 Å². The molecule has 1 heterocycles. The van der Waals surface area contributed by atoms with Crippen LogP contribution < -0.4 is 10.2 Å². The molecule has 2 aromatic rings. The van der Waals surface area contributed by atoms with Crippen LogP contribution in [0, 0.1) is 13.8 Å². The van der Waals surface area contributed by atoms with Gasteiger partial charge in [-0.1, -0.05) is 25.1 Å². The number of imidazole rings is 1. The van der Waals surface area contributed by atoms with Crippen molar-refractivity contribution in [3.05, 3.63) is 35.7 Å². The number of anilines is 2. The van der Waals surface area contributed by atoms with Crippen molar-refractivity contribution in [2.45, 2.75) is 45.3 Å². The van der Waals surface area contributed by atoms with Crippen LogP contribution in [0.25, 0.3) is 0 Å². The number of benzene rings is 1. The Bertz CT molecular complexity index is 707. The third-order valence-electron chi connectivity index (χ3n) is 4.16. The second kappa shape index (κ2) is 8.94. The Labute approximate surface area is 154 Å². The number of amides is 1. The maximum Gasteiger partial charge on any atom is 0.234 e. The topological polar surface area (TPSA) is 50.2 Å². The molecule has 0 aliphatic carbocycles. The van der Waals surface area contributed by atoms with E-state index in [0.717, 1.165) is 41.6 Å². The van der Waals surface area contributed by atoms with E-state index < -0.39 is 0 Å². The molecule has 0 bridgehead atoms. The highest BCUT2D eigenvalue weighted by molar-refractivity contribution is 7.99. The number of aryl methyl sites for hydroxylation is 1. The van der Waals surface area contributed by atoms with Crippen molar-refractivity contribution in [1.29, 1.82) is 0 Å². The number of aromatic nitrogens is 2. The average molecular weight is 361 g/mol. The molecule has 0 saturated heterocycles. The van der Waals surface area contributed by atoms with Crippen LogP contribution in [0.1, 0.15) is 31.2 Å². The minimum atomic E-state index is -0.0112. The van der Waals surface area contributed by atoms with E-state index in [0.29, 0.717) is 5.75 Å². The van der Waals surface area contributed by atoms with Crippen LogP contribution in [0.4, 0.5) is 11.4 Å². The molecule has 136 valence electrons. The number of hydrogen-bond donors (Lipinski definition) is 1. The zero-order valence-corrected chi connectivity index (χ0v) is 16.6. The van der Waals surface area contributed by atoms with Crippen LogP contribution >= 0.6 is 11.8 Å². The minimum Gasteiger partial charge on any atom is -0.378 e. The lowest BCUT2D eigenvalue weighted by molar-refractivity contribution is -0.113. The molecule has 1 N–H and O–H groups in total. The maximum atomic E-state index is 12.2. The molecule has 5 nitrogen and oxygen atoms in total. The highest BCUT2D eigenvalue weighted by atomic mass is 32.2. The summed E-state index contributed by atoms with van der Waals surface area (Å²) in [6, 6.07) is 7.84. The number of nitrogens with one attached hydrogen (secondary N) is 1. The Balaban J connectivity index is 1.94. The lowest BCUT2D eigenvalue weighted by Gasteiger charge is -2.13. The van der Waals surface area contributed by atoms with Crippen LogP contribution in [0.15, 0.2) is 29.4 Å². The number of hydrogen-bond acceptors (Lipinski definition) is 4. The van der Waals surface area contributed by atoms with E-state index in [1.807, 2.05) is 50.2 Å². The summed E-state index contributed by atoms with van der Waals surface area (Å²) < 4.78 is 2.22. The molecule has 0 aliphatic heterocycles. The van der Waals surface area contributed by atoms with E-state index in [2.05, 4.69) is 28.7 Å². The molecular weight excluding hydrogens is 332 g/mol. The fraction of sp³-hybridized carbons (Fsp3) is 0.474. The Hall–Kier alpha value is -1.95. The zero-order chi connectivity index (χ0) is 18.4. The van der Waals surface area contributed by atoms with Crippen LogP contribution in [0.5, 0.6) is 0 Å². The SMILES string of the molecule is CCCCn1c(SCC(=O)Nc2ccc(N(C)C)cc2)nc(C)c1C. The van der Waals surface area contributed by atoms with Gasteiger partial charge in [-0.05, 0) is 44.5 Å². The van der Waals surface area contributed by atoms with Crippen LogP contribution in [0.2, 0.25) is 0 Å². The summed E-state index contributed by atoms with van der Waals surface area (Å²) in [6.07, 6.45) is 2.26. The van der Waals surface area contributed by atoms with Gasteiger partial charge in [-0.3, -0.25) is 4.79 Å². The molecule has 0 radical (unpaired) electrons. The monoisotopic (exact) mass is 360 g/mol. The van der Waals surface area contributed by atoms with Crippen molar-refractivity contribution in [2.75, 3.05) is 30.1 Å². The second-order valence-corrected chi connectivity index (χ2v) is 7.29. The molecule has 0 spiro atoms. The van der Waals surface area contributed by atoms with Crippen molar-refractivity contribution < 1.29 is 4.79 Å². The van der Waals surface area contributed by atoms with Crippen LogP contribution in [-0.4, -0.2) is 35.3 Å². The van der Waals surface area contributed by atoms with Gasteiger partial charge in [-0.25, -0.2) is 4.98 Å². The quantitative estimate of drug-likeness (QED) is 0.720. The molecule has 0 unspecified atom stereocenters. The van der Waals surface area contributed by atoms with Gasteiger partial charge in [-0.15, -0.1) is 0 Å². The first kappa shape index (κ1) is 19.4. The second-order valence-electron chi connectivity index (χ2n) is 6.35. The Morgan fingerprint density at radius 2 is 1.92 bits per heavy atom. The smallest absolute Gasteiger partial charge is 0.234 e. The van der Waals surface area contributed by atoms with E-state index in [4.69, 9.17) is 0 Å². The predicted molar refractivity (Wildman–Crippen MR) is 107 cm³/mol. The molecule has 0 saturated carbocycles. The number of carbonyl (C=O) groups is 1. The van der Waals surface area contributed by atoms with Gasteiger partial charge in [0.2, 0.25) is 5.91 Å². The largest absolute Gasteiger partial charge is 0.378 e. The zero-order valence-electron chi connectivity index (χ0n) is 15.8. The van der Waals surface area contributed by atoms with Gasteiger partial charge in [0, 0.05) is 37.7 Å². The summed E-state index contributed by atoms with van der Waals surface area (Å²) in [5.74, 6) is 0.347.